The lowest BCUT2D eigenvalue weighted by Crippen LogP contribution is -2.22. The Hall–Kier alpha value is -1.22. The summed E-state index contributed by atoms with van der Waals surface area (Å²) < 4.78 is 0. The number of hydrogen-bond acceptors (Lipinski definition) is 2. The zero-order chi connectivity index (χ0) is 13.9. The van der Waals surface area contributed by atoms with Crippen molar-refractivity contribution in [1.29, 1.82) is 0 Å². The van der Waals surface area contributed by atoms with Gasteiger partial charge in [-0.2, -0.15) is 0 Å². The van der Waals surface area contributed by atoms with E-state index in [-0.39, 0.29) is 12.4 Å². The summed E-state index contributed by atoms with van der Waals surface area (Å²) in [7, 11) is 0. The molecule has 21 heavy (non-hydrogen) atoms. The van der Waals surface area contributed by atoms with Crippen molar-refractivity contribution >= 4 is 29.7 Å². The Kier molecular flexibility index (Phi) is 5.51. The molecule has 1 saturated heterocycles. The van der Waals surface area contributed by atoms with Crippen LogP contribution in [0.3, 0.4) is 0 Å². The summed E-state index contributed by atoms with van der Waals surface area (Å²) in [5.74, 6) is 0. The molecule has 2 nitrogen and oxygen atoms in total. The van der Waals surface area contributed by atoms with Crippen LogP contribution in [0.4, 0.5) is 5.69 Å². The zero-order valence-electron chi connectivity index (χ0n) is 11.8. The Bertz CT molecular complexity index is 584. The fourth-order valence-electron chi connectivity index (χ4n) is 3.00. The largest absolute Gasteiger partial charge is 0.399 e. The number of nitrogens with zero attached hydrogens (tertiary/aromatic N) is 1. The van der Waals surface area contributed by atoms with E-state index in [9.17, 15) is 0 Å². The Labute approximate surface area is 137 Å². The van der Waals surface area contributed by atoms with Crippen molar-refractivity contribution in [2.75, 3.05) is 12.3 Å². The number of anilines is 1. The highest BCUT2D eigenvalue weighted by Gasteiger charge is 2.25. The minimum atomic E-state index is 0. The number of nitrogen functional groups attached to an aromatic ring is 1. The first-order valence-electron chi connectivity index (χ1n) is 7.06. The number of halogens is 2. The van der Waals surface area contributed by atoms with Gasteiger partial charge in [0.2, 0.25) is 0 Å². The summed E-state index contributed by atoms with van der Waals surface area (Å²) >= 11 is 5.97. The topological polar surface area (TPSA) is 29.3 Å². The average Bonchev–Trinajstić information content (AvgIpc) is 2.88. The van der Waals surface area contributed by atoms with Crippen molar-refractivity contribution in [3.8, 4) is 0 Å². The molecule has 112 valence electrons. The van der Waals surface area contributed by atoms with Crippen LogP contribution in [0, 0.1) is 0 Å². The van der Waals surface area contributed by atoms with Crippen LogP contribution in [0.2, 0.25) is 5.02 Å². The highest BCUT2D eigenvalue weighted by atomic mass is 35.5. The second-order valence-corrected chi connectivity index (χ2v) is 5.86. The quantitative estimate of drug-likeness (QED) is 0.831. The van der Waals surface area contributed by atoms with Crippen LogP contribution in [0.1, 0.15) is 30.0 Å². The number of rotatable bonds is 3. The van der Waals surface area contributed by atoms with Crippen molar-refractivity contribution in [3.05, 3.63) is 64.7 Å². The third-order valence-electron chi connectivity index (χ3n) is 3.96. The molecule has 1 aliphatic rings. The third-order valence-corrected chi connectivity index (χ3v) is 4.21. The Morgan fingerprint density at radius 1 is 1.14 bits per heavy atom. The third kappa shape index (κ3) is 3.91. The monoisotopic (exact) mass is 322 g/mol. The molecule has 4 heteroatoms. The van der Waals surface area contributed by atoms with Crippen LogP contribution in [0.25, 0.3) is 0 Å². The lowest BCUT2D eigenvalue weighted by molar-refractivity contribution is 0.248. The van der Waals surface area contributed by atoms with Crippen molar-refractivity contribution < 1.29 is 0 Å². The van der Waals surface area contributed by atoms with Crippen LogP contribution >= 0.6 is 24.0 Å². The highest BCUT2D eigenvalue weighted by Crippen LogP contribution is 2.33. The van der Waals surface area contributed by atoms with E-state index in [1.165, 1.54) is 24.0 Å². The Balaban J connectivity index is 0.00000161. The summed E-state index contributed by atoms with van der Waals surface area (Å²) in [6, 6.07) is 16.9. The zero-order valence-corrected chi connectivity index (χ0v) is 13.4. The maximum absolute atomic E-state index is 5.97. The SMILES string of the molecule is Cl.Nc1cccc(CN2CCCC2c2ccc(Cl)cc2)c1. The van der Waals surface area contributed by atoms with Crippen molar-refractivity contribution in [1.82, 2.24) is 4.90 Å². The average molecular weight is 323 g/mol. The van der Waals surface area contributed by atoms with Gasteiger partial charge < -0.3 is 5.73 Å². The first-order valence-corrected chi connectivity index (χ1v) is 7.44. The van der Waals surface area contributed by atoms with E-state index in [2.05, 4.69) is 29.2 Å². The minimum absolute atomic E-state index is 0. The molecule has 1 fully saturated rings. The smallest absolute Gasteiger partial charge is 0.0406 e. The predicted molar refractivity (Wildman–Crippen MR) is 91.9 cm³/mol. The molecule has 0 spiro atoms. The summed E-state index contributed by atoms with van der Waals surface area (Å²) in [6.07, 6.45) is 2.46. The molecule has 3 rings (SSSR count). The second-order valence-electron chi connectivity index (χ2n) is 5.43. The molecular weight excluding hydrogens is 303 g/mol. The Morgan fingerprint density at radius 2 is 1.90 bits per heavy atom. The molecule has 1 atom stereocenters. The van der Waals surface area contributed by atoms with Crippen molar-refractivity contribution in [2.45, 2.75) is 25.4 Å². The predicted octanol–water partition coefficient (Wildman–Crippen LogP) is 4.68. The summed E-state index contributed by atoms with van der Waals surface area (Å²) in [5.41, 5.74) is 9.34. The lowest BCUT2D eigenvalue weighted by Gasteiger charge is -2.25. The van der Waals surface area contributed by atoms with Crippen LogP contribution in [-0.4, -0.2) is 11.4 Å². The molecular formula is C17H20Cl2N2. The van der Waals surface area contributed by atoms with Gasteiger partial charge in [-0.3, -0.25) is 4.90 Å². The van der Waals surface area contributed by atoms with E-state index in [1.54, 1.807) is 0 Å². The summed E-state index contributed by atoms with van der Waals surface area (Å²) in [5, 5.41) is 0.800. The number of benzene rings is 2. The summed E-state index contributed by atoms with van der Waals surface area (Å²) in [4.78, 5) is 2.53. The van der Waals surface area contributed by atoms with Gasteiger partial charge in [0.1, 0.15) is 0 Å². The van der Waals surface area contributed by atoms with Gasteiger partial charge in [-0.05, 0) is 54.8 Å². The van der Waals surface area contributed by atoms with Crippen LogP contribution < -0.4 is 5.73 Å². The molecule has 0 radical (unpaired) electrons. The van der Waals surface area contributed by atoms with E-state index in [0.29, 0.717) is 6.04 Å². The van der Waals surface area contributed by atoms with Crippen LogP contribution in [-0.2, 0) is 6.54 Å². The van der Waals surface area contributed by atoms with E-state index in [1.807, 2.05) is 24.3 Å². The molecule has 0 bridgehead atoms. The molecule has 1 heterocycles. The molecule has 1 unspecified atom stereocenters. The van der Waals surface area contributed by atoms with E-state index >= 15 is 0 Å². The number of likely N-dealkylation sites (tertiary alicyclic amines) is 1. The van der Waals surface area contributed by atoms with Crippen LogP contribution in [0.5, 0.6) is 0 Å². The molecule has 1 aliphatic heterocycles. The maximum Gasteiger partial charge on any atom is 0.0406 e. The van der Waals surface area contributed by atoms with E-state index in [4.69, 9.17) is 17.3 Å². The Morgan fingerprint density at radius 3 is 2.62 bits per heavy atom. The van der Waals surface area contributed by atoms with Gasteiger partial charge in [-0.15, -0.1) is 12.4 Å². The fraction of sp³-hybridized carbons (Fsp3) is 0.294. The van der Waals surface area contributed by atoms with Crippen molar-refractivity contribution in [2.24, 2.45) is 0 Å². The van der Waals surface area contributed by atoms with Crippen LogP contribution in [0.15, 0.2) is 48.5 Å². The molecule has 2 N–H and O–H groups in total. The first-order chi connectivity index (χ1) is 9.72. The van der Waals surface area contributed by atoms with Gasteiger partial charge in [-0.1, -0.05) is 35.9 Å². The molecule has 0 amide bonds. The van der Waals surface area contributed by atoms with Gasteiger partial charge in [0.05, 0.1) is 0 Å². The van der Waals surface area contributed by atoms with Crippen molar-refractivity contribution in [3.63, 3.8) is 0 Å². The number of nitrogens with two attached hydrogens (primary N) is 1. The number of hydrogen-bond donors (Lipinski definition) is 1. The van der Waals surface area contributed by atoms with E-state index < -0.39 is 0 Å². The fourth-order valence-corrected chi connectivity index (χ4v) is 3.13. The second kappa shape index (κ2) is 7.17. The highest BCUT2D eigenvalue weighted by molar-refractivity contribution is 6.30. The first kappa shape index (κ1) is 16.2. The minimum Gasteiger partial charge on any atom is -0.399 e. The molecule has 2 aromatic rings. The van der Waals surface area contributed by atoms with Gasteiger partial charge in [0, 0.05) is 23.3 Å². The van der Waals surface area contributed by atoms with Gasteiger partial charge >= 0.3 is 0 Å². The maximum atomic E-state index is 5.97. The molecule has 0 saturated carbocycles. The standard InChI is InChI=1S/C17H19ClN2.ClH/c18-15-8-6-14(7-9-15)17-5-2-10-20(17)12-13-3-1-4-16(19)11-13;/h1,3-4,6-9,11,17H,2,5,10,12,19H2;1H. The molecule has 0 aromatic heterocycles. The van der Waals surface area contributed by atoms with E-state index in [0.717, 1.165) is 23.8 Å². The normalized spacial score (nSPS) is 18.4. The van der Waals surface area contributed by atoms with Gasteiger partial charge in [0.15, 0.2) is 0 Å². The molecule has 0 aliphatic carbocycles. The molecule has 2 aromatic carbocycles. The summed E-state index contributed by atoms with van der Waals surface area (Å²) in [6.45, 7) is 2.10. The van der Waals surface area contributed by atoms with Gasteiger partial charge in [0.25, 0.3) is 0 Å². The van der Waals surface area contributed by atoms with Gasteiger partial charge in [-0.25, -0.2) is 0 Å². The lowest BCUT2D eigenvalue weighted by atomic mass is 10.0.